The molecule has 0 heterocycles. The number of methoxy groups -OCH3 is 2. The number of hydrogen-bond acceptors (Lipinski definition) is 6. The number of aliphatic hydroxyl groups is 1. The van der Waals surface area contributed by atoms with E-state index < -0.39 is 8.25 Å². The zero-order chi connectivity index (χ0) is 25.7. The molecule has 0 saturated carbocycles. The summed E-state index contributed by atoms with van der Waals surface area (Å²) in [7, 11) is 0.467. The molecular weight excluding hydrogens is 457 g/mol. The minimum absolute atomic E-state index is 0.0259. The van der Waals surface area contributed by atoms with Crippen molar-refractivity contribution >= 4 is 14.2 Å². The van der Waals surface area contributed by atoms with E-state index in [1.807, 2.05) is 0 Å². The lowest BCUT2D eigenvalue weighted by Gasteiger charge is -2.09. The van der Waals surface area contributed by atoms with Crippen LogP contribution in [-0.2, 0) is 23.4 Å². The predicted molar refractivity (Wildman–Crippen MR) is 138 cm³/mol. The molecule has 2 atom stereocenters. The molecule has 1 amide bonds. The molecule has 0 bridgehead atoms. The molecule has 202 valence electrons. The van der Waals surface area contributed by atoms with Gasteiger partial charge < -0.3 is 19.9 Å². The second kappa shape index (κ2) is 30.1. The van der Waals surface area contributed by atoms with Crippen LogP contribution < -0.4 is 5.32 Å². The molecule has 0 spiro atoms. The lowest BCUT2D eigenvalue weighted by Crippen LogP contribution is -2.25. The van der Waals surface area contributed by atoms with Crippen LogP contribution in [0.25, 0.3) is 0 Å². The van der Waals surface area contributed by atoms with Crippen molar-refractivity contribution in [2.24, 2.45) is 0 Å². The molecule has 2 unspecified atom stereocenters. The van der Waals surface area contributed by atoms with Crippen molar-refractivity contribution in [3.05, 3.63) is 12.2 Å². The Kier molecular flexibility index (Phi) is 31.3. The van der Waals surface area contributed by atoms with E-state index in [4.69, 9.17) is 19.5 Å². The topological polar surface area (TPSA) is 114 Å². The molecule has 3 N–H and O–H groups in total. The third-order valence-electron chi connectivity index (χ3n) is 5.16. The van der Waals surface area contributed by atoms with Crippen LogP contribution in [0.1, 0.15) is 96.8 Å². The smallest absolute Gasteiger partial charge is 0.395 e. The summed E-state index contributed by atoms with van der Waals surface area (Å²) in [6.07, 6.45) is 21.6. The Balaban J connectivity index is 0. The molecule has 8 nitrogen and oxygen atoms in total. The Bertz CT molecular complexity index is 478. The molecule has 0 rings (SSSR count). The molecule has 0 aromatic heterocycles. The van der Waals surface area contributed by atoms with E-state index in [1.165, 1.54) is 84.8 Å². The summed E-state index contributed by atoms with van der Waals surface area (Å²) < 4.78 is 24.1. The standard InChI is InChI=1S/C20H39NO2.C5H11O5P/c1-2-3-4-5-6-7-8-9-10-11-12-13-14-15-16-17-20(23)21-18-19-22;1-8-3-5(9-2)4-10-11(6)7/h9-10,22H,2-8,11-19H2,1H3,(H,21,23);5H,3-4H2,1-2H3/p+1/b10-9-;. The Morgan fingerprint density at radius 2 is 1.47 bits per heavy atom. The molecule has 9 heteroatoms. The van der Waals surface area contributed by atoms with Crippen molar-refractivity contribution in [2.45, 2.75) is 103 Å². The van der Waals surface area contributed by atoms with Gasteiger partial charge in [-0.1, -0.05) is 70.4 Å². The first kappa shape index (κ1) is 35.3. The van der Waals surface area contributed by atoms with E-state index in [1.54, 1.807) is 0 Å². The van der Waals surface area contributed by atoms with Crippen LogP contribution in [0.3, 0.4) is 0 Å². The lowest BCUT2D eigenvalue weighted by atomic mass is 10.1. The van der Waals surface area contributed by atoms with Crippen LogP contribution in [0.5, 0.6) is 0 Å². The average Bonchev–Trinajstić information content (AvgIpc) is 2.83. The quantitative estimate of drug-likeness (QED) is 0.0955. The second-order valence-corrected chi connectivity index (χ2v) is 8.99. The van der Waals surface area contributed by atoms with Gasteiger partial charge in [0.25, 0.3) is 0 Å². The molecule has 0 aliphatic heterocycles. The number of allylic oxidation sites excluding steroid dienone is 2. The second-order valence-electron chi connectivity index (χ2n) is 8.25. The molecule has 0 aromatic carbocycles. The Morgan fingerprint density at radius 3 is 1.97 bits per heavy atom. The average molecular weight is 509 g/mol. The van der Waals surface area contributed by atoms with Gasteiger partial charge in [-0.25, -0.2) is 0 Å². The lowest BCUT2D eigenvalue weighted by molar-refractivity contribution is -0.121. The fraction of sp³-hybridized carbons (Fsp3) is 0.880. The van der Waals surface area contributed by atoms with Crippen molar-refractivity contribution in [2.75, 3.05) is 40.6 Å². The molecule has 0 radical (unpaired) electrons. The molecule has 0 saturated heterocycles. The van der Waals surface area contributed by atoms with E-state index in [0.717, 1.165) is 12.8 Å². The number of carbonyl (C=O) groups excluding carboxylic acids is 1. The van der Waals surface area contributed by atoms with Gasteiger partial charge in [0.2, 0.25) is 5.91 Å². The third kappa shape index (κ3) is 31.1. The number of ether oxygens (including phenoxy) is 2. The van der Waals surface area contributed by atoms with Gasteiger partial charge >= 0.3 is 8.25 Å². The largest absolute Gasteiger partial charge is 0.694 e. The molecule has 34 heavy (non-hydrogen) atoms. The number of carbonyl (C=O) groups is 1. The first-order valence-electron chi connectivity index (χ1n) is 12.8. The van der Waals surface area contributed by atoms with Crippen LogP contribution in [0.2, 0.25) is 0 Å². The summed E-state index contributed by atoms with van der Waals surface area (Å²) in [4.78, 5) is 19.6. The van der Waals surface area contributed by atoms with Crippen LogP contribution in [0.4, 0.5) is 0 Å². The molecular formula is C25H51NO7P+. The maximum Gasteiger partial charge on any atom is 0.694 e. The maximum absolute atomic E-state index is 11.3. The summed E-state index contributed by atoms with van der Waals surface area (Å²) in [5, 5.41) is 11.3. The highest BCUT2D eigenvalue weighted by molar-refractivity contribution is 7.32. The van der Waals surface area contributed by atoms with Gasteiger partial charge in [0.15, 0.2) is 0 Å². The van der Waals surface area contributed by atoms with Crippen LogP contribution in [0.15, 0.2) is 12.2 Å². The third-order valence-corrected chi connectivity index (χ3v) is 5.53. The Hall–Kier alpha value is -0.890. The number of amides is 1. The van der Waals surface area contributed by atoms with Crippen LogP contribution in [-0.4, -0.2) is 62.6 Å². The predicted octanol–water partition coefficient (Wildman–Crippen LogP) is 5.45. The maximum atomic E-state index is 11.3. The zero-order valence-corrected chi connectivity index (χ0v) is 22.7. The number of hydrogen-bond donors (Lipinski definition) is 3. The Labute approximate surface area is 208 Å². The summed E-state index contributed by atoms with van der Waals surface area (Å²) >= 11 is 0. The highest BCUT2D eigenvalue weighted by Crippen LogP contribution is 2.15. The van der Waals surface area contributed by atoms with E-state index >= 15 is 0 Å². The number of aliphatic hydroxyl groups excluding tert-OH is 1. The minimum atomic E-state index is -2.53. The van der Waals surface area contributed by atoms with Crippen molar-refractivity contribution < 1.29 is 33.4 Å². The molecule has 0 aliphatic rings. The molecule has 0 aliphatic carbocycles. The fourth-order valence-electron chi connectivity index (χ4n) is 3.16. The van der Waals surface area contributed by atoms with E-state index in [9.17, 15) is 9.36 Å². The van der Waals surface area contributed by atoms with Crippen LogP contribution in [0, 0.1) is 0 Å². The van der Waals surface area contributed by atoms with Crippen molar-refractivity contribution in [3.8, 4) is 0 Å². The summed E-state index contributed by atoms with van der Waals surface area (Å²) in [5.74, 6) is 0.0664. The van der Waals surface area contributed by atoms with Gasteiger partial charge in [-0.3, -0.25) is 4.79 Å². The van der Waals surface area contributed by atoms with Gasteiger partial charge in [0, 0.05) is 31.8 Å². The Morgan fingerprint density at radius 1 is 0.912 bits per heavy atom. The molecule has 0 aromatic rings. The SMILES string of the molecule is CCCCCCCC/C=C\CCCCCCCC(=O)NCCO.COCC(CO[P+](=O)O)OC. The fourth-order valence-corrected chi connectivity index (χ4v) is 3.45. The first-order valence-corrected chi connectivity index (χ1v) is 14.0. The van der Waals surface area contributed by atoms with Gasteiger partial charge in [0.05, 0.1) is 13.2 Å². The normalized spacial score (nSPS) is 12.3. The van der Waals surface area contributed by atoms with Gasteiger partial charge in [-0.05, 0) is 32.1 Å². The monoisotopic (exact) mass is 508 g/mol. The van der Waals surface area contributed by atoms with Crippen LogP contribution >= 0.6 is 8.25 Å². The number of unbranched alkanes of at least 4 members (excludes halogenated alkanes) is 11. The van der Waals surface area contributed by atoms with Gasteiger partial charge in [0.1, 0.15) is 12.7 Å². The van der Waals surface area contributed by atoms with Crippen molar-refractivity contribution in [1.82, 2.24) is 5.32 Å². The summed E-state index contributed by atoms with van der Waals surface area (Å²) in [6.45, 7) is 3.08. The summed E-state index contributed by atoms with van der Waals surface area (Å²) in [5.41, 5.74) is 0. The number of nitrogens with one attached hydrogen (secondary N) is 1. The van der Waals surface area contributed by atoms with Gasteiger partial charge in [-0.15, -0.1) is 9.42 Å². The highest BCUT2D eigenvalue weighted by Gasteiger charge is 2.17. The first-order chi connectivity index (χ1) is 16.5. The number of rotatable bonds is 23. The van der Waals surface area contributed by atoms with Gasteiger partial charge in [-0.2, -0.15) is 0 Å². The molecule has 0 fully saturated rings. The highest BCUT2D eigenvalue weighted by atomic mass is 31.1. The summed E-state index contributed by atoms with van der Waals surface area (Å²) in [6, 6.07) is 0. The van der Waals surface area contributed by atoms with E-state index in [2.05, 4.69) is 28.9 Å². The zero-order valence-electron chi connectivity index (χ0n) is 21.8. The van der Waals surface area contributed by atoms with Crippen molar-refractivity contribution in [1.29, 1.82) is 0 Å². The van der Waals surface area contributed by atoms with E-state index in [0.29, 0.717) is 19.6 Å². The van der Waals surface area contributed by atoms with Crippen molar-refractivity contribution in [3.63, 3.8) is 0 Å². The van der Waals surface area contributed by atoms with E-state index in [-0.39, 0.29) is 25.2 Å². The minimum Gasteiger partial charge on any atom is -0.395 e.